The van der Waals surface area contributed by atoms with Crippen LogP contribution in [0.4, 0.5) is 5.69 Å². The normalized spacial score (nSPS) is 19.5. The summed E-state index contributed by atoms with van der Waals surface area (Å²) in [5, 5.41) is 0.570. The van der Waals surface area contributed by atoms with E-state index in [4.69, 9.17) is 5.73 Å². The zero-order valence-corrected chi connectivity index (χ0v) is 12.7. The average molecular weight is 278 g/mol. The molecule has 0 spiro atoms. The molecule has 1 amide bonds. The fraction of sp³-hybridized carbons (Fsp3) is 0.533. The van der Waals surface area contributed by atoms with Gasteiger partial charge in [0.25, 0.3) is 5.91 Å². The number of amides is 1. The number of aryl methyl sites for hydroxylation is 2. The molecule has 4 heteroatoms. The summed E-state index contributed by atoms with van der Waals surface area (Å²) in [5.74, 6) is 1.16. The standard InChI is InChI=1S/C15H22N2OS/c1-4-12-9-17(5-6-19-12)15(18)13-8-14(16)11(3)7-10(13)2/h7-8,12H,4-6,9,16H2,1-3H3. The maximum absolute atomic E-state index is 12.6. The Kier molecular flexibility index (Phi) is 4.40. The monoisotopic (exact) mass is 278 g/mol. The van der Waals surface area contributed by atoms with Crippen LogP contribution in [0, 0.1) is 13.8 Å². The van der Waals surface area contributed by atoms with Gasteiger partial charge in [-0.25, -0.2) is 0 Å². The summed E-state index contributed by atoms with van der Waals surface area (Å²) in [6.45, 7) is 7.83. The first-order chi connectivity index (χ1) is 9.02. The Morgan fingerprint density at radius 1 is 1.42 bits per heavy atom. The summed E-state index contributed by atoms with van der Waals surface area (Å²) in [5.41, 5.74) is 9.44. The Labute approximate surface area is 119 Å². The third-order valence-electron chi connectivity index (χ3n) is 3.72. The van der Waals surface area contributed by atoms with Crippen LogP contribution in [0.5, 0.6) is 0 Å². The van der Waals surface area contributed by atoms with E-state index in [2.05, 4.69) is 6.92 Å². The summed E-state index contributed by atoms with van der Waals surface area (Å²) < 4.78 is 0. The van der Waals surface area contributed by atoms with E-state index in [-0.39, 0.29) is 5.91 Å². The predicted octanol–water partition coefficient (Wildman–Crippen LogP) is 2.85. The van der Waals surface area contributed by atoms with Gasteiger partial charge in [0, 0.05) is 35.3 Å². The first-order valence-electron chi connectivity index (χ1n) is 6.80. The first-order valence-corrected chi connectivity index (χ1v) is 7.85. The minimum atomic E-state index is 0.128. The van der Waals surface area contributed by atoms with E-state index in [9.17, 15) is 4.79 Å². The molecule has 1 aromatic rings. The molecule has 0 saturated carbocycles. The molecule has 1 aliphatic rings. The molecule has 0 bridgehead atoms. The Hall–Kier alpha value is -1.16. The van der Waals surface area contributed by atoms with Gasteiger partial charge in [0.05, 0.1) is 0 Å². The number of nitrogen functional groups attached to an aromatic ring is 1. The van der Waals surface area contributed by atoms with E-state index in [0.717, 1.165) is 42.0 Å². The zero-order chi connectivity index (χ0) is 14.0. The van der Waals surface area contributed by atoms with E-state index in [1.807, 2.05) is 42.6 Å². The van der Waals surface area contributed by atoms with Crippen molar-refractivity contribution >= 4 is 23.4 Å². The highest BCUT2D eigenvalue weighted by atomic mass is 32.2. The van der Waals surface area contributed by atoms with Crippen LogP contribution in [0.25, 0.3) is 0 Å². The van der Waals surface area contributed by atoms with E-state index < -0.39 is 0 Å². The summed E-state index contributed by atoms with van der Waals surface area (Å²) in [7, 11) is 0. The maximum Gasteiger partial charge on any atom is 0.254 e. The summed E-state index contributed by atoms with van der Waals surface area (Å²) in [6.07, 6.45) is 1.11. The molecule has 19 heavy (non-hydrogen) atoms. The van der Waals surface area contributed by atoms with Gasteiger partial charge in [-0.05, 0) is 37.5 Å². The third-order valence-corrected chi connectivity index (χ3v) is 5.10. The molecule has 1 aromatic carbocycles. The Balaban J connectivity index is 2.22. The van der Waals surface area contributed by atoms with Crippen molar-refractivity contribution in [1.29, 1.82) is 0 Å². The highest BCUT2D eigenvalue weighted by Gasteiger charge is 2.25. The lowest BCUT2D eigenvalue weighted by Gasteiger charge is -2.32. The fourth-order valence-electron chi connectivity index (χ4n) is 2.42. The number of nitrogens with two attached hydrogens (primary N) is 1. The molecule has 1 fully saturated rings. The van der Waals surface area contributed by atoms with E-state index in [1.165, 1.54) is 0 Å². The van der Waals surface area contributed by atoms with Gasteiger partial charge in [0.2, 0.25) is 0 Å². The van der Waals surface area contributed by atoms with Gasteiger partial charge in [0.15, 0.2) is 0 Å². The van der Waals surface area contributed by atoms with Crippen molar-refractivity contribution in [2.45, 2.75) is 32.4 Å². The van der Waals surface area contributed by atoms with Crippen molar-refractivity contribution in [3.63, 3.8) is 0 Å². The van der Waals surface area contributed by atoms with Crippen LogP contribution < -0.4 is 5.73 Å². The van der Waals surface area contributed by atoms with Crippen LogP contribution in [0.15, 0.2) is 12.1 Å². The summed E-state index contributed by atoms with van der Waals surface area (Å²) in [6, 6.07) is 3.83. The number of carbonyl (C=O) groups excluding carboxylic acids is 1. The second kappa shape index (κ2) is 5.87. The Morgan fingerprint density at radius 2 is 2.16 bits per heavy atom. The fourth-order valence-corrected chi connectivity index (χ4v) is 3.60. The summed E-state index contributed by atoms with van der Waals surface area (Å²) >= 11 is 1.97. The predicted molar refractivity (Wildman–Crippen MR) is 82.8 cm³/mol. The molecule has 1 heterocycles. The van der Waals surface area contributed by atoms with Crippen LogP contribution in [0.1, 0.15) is 34.8 Å². The van der Waals surface area contributed by atoms with Gasteiger partial charge in [-0.1, -0.05) is 13.0 Å². The van der Waals surface area contributed by atoms with Gasteiger partial charge < -0.3 is 10.6 Å². The van der Waals surface area contributed by atoms with Crippen LogP contribution >= 0.6 is 11.8 Å². The zero-order valence-electron chi connectivity index (χ0n) is 11.9. The second-order valence-electron chi connectivity index (χ2n) is 5.18. The number of hydrogen-bond acceptors (Lipinski definition) is 3. The van der Waals surface area contributed by atoms with Crippen molar-refractivity contribution in [1.82, 2.24) is 4.90 Å². The topological polar surface area (TPSA) is 46.3 Å². The molecule has 2 rings (SSSR count). The van der Waals surface area contributed by atoms with Crippen molar-refractivity contribution in [2.75, 3.05) is 24.6 Å². The van der Waals surface area contributed by atoms with Gasteiger partial charge in [-0.2, -0.15) is 11.8 Å². The molecule has 0 aromatic heterocycles. The summed E-state index contributed by atoms with van der Waals surface area (Å²) in [4.78, 5) is 14.6. The molecule has 104 valence electrons. The molecular weight excluding hydrogens is 256 g/mol. The molecule has 2 N–H and O–H groups in total. The highest BCUT2D eigenvalue weighted by molar-refractivity contribution is 8.00. The van der Waals surface area contributed by atoms with Crippen molar-refractivity contribution in [3.05, 3.63) is 28.8 Å². The number of benzene rings is 1. The Morgan fingerprint density at radius 3 is 2.84 bits per heavy atom. The van der Waals surface area contributed by atoms with Crippen LogP contribution in [0.3, 0.4) is 0 Å². The number of carbonyl (C=O) groups is 1. The van der Waals surface area contributed by atoms with Gasteiger partial charge in [-0.3, -0.25) is 4.79 Å². The number of rotatable bonds is 2. The minimum absolute atomic E-state index is 0.128. The molecule has 1 saturated heterocycles. The second-order valence-corrected chi connectivity index (χ2v) is 6.58. The van der Waals surface area contributed by atoms with Crippen LogP contribution in [0.2, 0.25) is 0 Å². The van der Waals surface area contributed by atoms with Crippen molar-refractivity contribution in [2.24, 2.45) is 0 Å². The van der Waals surface area contributed by atoms with E-state index in [0.29, 0.717) is 10.9 Å². The molecular formula is C15H22N2OS. The molecule has 0 aliphatic carbocycles. The molecule has 3 nitrogen and oxygen atoms in total. The number of hydrogen-bond donors (Lipinski definition) is 1. The molecule has 1 aliphatic heterocycles. The molecule has 1 unspecified atom stereocenters. The number of thioether (sulfide) groups is 1. The largest absolute Gasteiger partial charge is 0.398 e. The smallest absolute Gasteiger partial charge is 0.254 e. The maximum atomic E-state index is 12.6. The minimum Gasteiger partial charge on any atom is -0.398 e. The van der Waals surface area contributed by atoms with Gasteiger partial charge in [0.1, 0.15) is 0 Å². The lowest BCUT2D eigenvalue weighted by Crippen LogP contribution is -2.42. The Bertz CT molecular complexity index is 487. The third kappa shape index (κ3) is 3.06. The average Bonchev–Trinajstić information content (AvgIpc) is 2.42. The molecule has 1 atom stereocenters. The SMILES string of the molecule is CCC1CN(C(=O)c2cc(N)c(C)cc2C)CCS1. The number of anilines is 1. The van der Waals surface area contributed by atoms with Crippen LogP contribution in [-0.4, -0.2) is 34.9 Å². The quantitative estimate of drug-likeness (QED) is 0.846. The number of nitrogens with zero attached hydrogens (tertiary/aromatic N) is 1. The van der Waals surface area contributed by atoms with Crippen molar-refractivity contribution < 1.29 is 4.79 Å². The first kappa shape index (κ1) is 14.3. The van der Waals surface area contributed by atoms with Crippen molar-refractivity contribution in [3.8, 4) is 0 Å². The van der Waals surface area contributed by atoms with Crippen LogP contribution in [-0.2, 0) is 0 Å². The van der Waals surface area contributed by atoms with Gasteiger partial charge >= 0.3 is 0 Å². The lowest BCUT2D eigenvalue weighted by atomic mass is 10.0. The molecule has 0 radical (unpaired) electrons. The van der Waals surface area contributed by atoms with E-state index >= 15 is 0 Å². The highest BCUT2D eigenvalue weighted by Crippen LogP contribution is 2.24. The lowest BCUT2D eigenvalue weighted by molar-refractivity contribution is 0.0760. The van der Waals surface area contributed by atoms with E-state index in [1.54, 1.807) is 0 Å². The van der Waals surface area contributed by atoms with Gasteiger partial charge in [-0.15, -0.1) is 0 Å².